The third kappa shape index (κ3) is 4.00. The first-order valence-corrected chi connectivity index (χ1v) is 17.3. The summed E-state index contributed by atoms with van der Waals surface area (Å²) in [4.78, 5) is 7.47. The lowest BCUT2D eigenvalue weighted by Gasteiger charge is -2.40. The van der Waals surface area contributed by atoms with Gasteiger partial charge in [-0.3, -0.25) is 4.57 Å². The average Bonchev–Trinajstić information content (AvgIpc) is 3.70. The average molecular weight is 642 g/mol. The molecule has 228 valence electrons. The van der Waals surface area contributed by atoms with Crippen LogP contribution in [0.4, 0.5) is 0 Å². The van der Waals surface area contributed by atoms with Crippen LogP contribution in [0.15, 0.2) is 174 Å². The van der Waals surface area contributed by atoms with Crippen LogP contribution in [0.2, 0.25) is 0 Å². The van der Waals surface area contributed by atoms with Crippen LogP contribution in [0.25, 0.3) is 50.4 Å². The van der Waals surface area contributed by atoms with E-state index in [0.717, 1.165) is 39.2 Å². The zero-order valence-corrected chi connectivity index (χ0v) is 27.2. The van der Waals surface area contributed by atoms with Crippen molar-refractivity contribution in [2.24, 2.45) is 0 Å². The minimum atomic E-state index is -0.535. The van der Waals surface area contributed by atoms with Crippen molar-refractivity contribution in [2.45, 2.75) is 15.2 Å². The number of fused-ring (bicyclic) bond motifs is 10. The summed E-state index contributed by atoms with van der Waals surface area (Å²) in [6.07, 6.45) is 0. The monoisotopic (exact) mass is 641 g/mol. The van der Waals surface area contributed by atoms with Crippen molar-refractivity contribution in [2.75, 3.05) is 0 Å². The quantitative estimate of drug-likeness (QED) is 0.193. The summed E-state index contributed by atoms with van der Waals surface area (Å²) in [6, 6.07) is 60.7. The lowest BCUT2D eigenvalue weighted by molar-refractivity contribution is 0.722. The maximum Gasteiger partial charge on any atom is 0.145 e. The molecule has 1 aliphatic carbocycles. The van der Waals surface area contributed by atoms with E-state index in [-0.39, 0.29) is 0 Å². The largest absolute Gasteiger partial charge is 0.292 e. The highest BCUT2D eigenvalue weighted by atomic mass is 32.2. The van der Waals surface area contributed by atoms with Gasteiger partial charge in [0.25, 0.3) is 0 Å². The summed E-state index contributed by atoms with van der Waals surface area (Å²) in [5, 5.41) is 10.0. The summed E-state index contributed by atoms with van der Waals surface area (Å²) in [5.41, 5.74) is 14.1. The predicted molar refractivity (Wildman–Crippen MR) is 198 cm³/mol. The highest BCUT2D eigenvalue weighted by Gasteiger charge is 2.50. The Morgan fingerprint density at radius 2 is 1.14 bits per heavy atom. The van der Waals surface area contributed by atoms with Gasteiger partial charge in [-0.05, 0) is 99.1 Å². The number of nitrogens with zero attached hydrogens (tertiary/aromatic N) is 3. The van der Waals surface area contributed by atoms with Crippen LogP contribution in [-0.4, -0.2) is 9.55 Å². The van der Waals surface area contributed by atoms with Gasteiger partial charge in [0.1, 0.15) is 5.82 Å². The molecule has 10 rings (SSSR count). The fraction of sp³-hybridized carbons (Fsp3) is 0.0222. The van der Waals surface area contributed by atoms with Crippen LogP contribution in [0, 0.1) is 11.3 Å². The van der Waals surface area contributed by atoms with E-state index in [4.69, 9.17) is 4.98 Å². The minimum absolute atomic E-state index is 0.535. The first-order chi connectivity index (χ1) is 24.2. The van der Waals surface area contributed by atoms with E-state index in [2.05, 4.69) is 156 Å². The highest BCUT2D eigenvalue weighted by molar-refractivity contribution is 7.99. The molecular weight excluding hydrogens is 615 g/mol. The zero-order valence-electron chi connectivity index (χ0n) is 26.3. The molecule has 0 N–H and O–H groups in total. The number of hydrogen-bond donors (Lipinski definition) is 0. The normalized spacial score (nSPS) is 13.4. The van der Waals surface area contributed by atoms with Crippen LogP contribution in [0.3, 0.4) is 0 Å². The standard InChI is InChI=1S/C45H27N3S/c46-28-29-18-24-42-38(26-29)45(36-14-6-4-12-34(36)35-13-5-7-15-37(35)45)39-27-32(21-25-43(39)49-42)30-19-22-33(23-20-30)48-41-17-9-8-16-40(41)47-44(48)31-10-2-1-3-11-31/h1-27H. The number of aromatic nitrogens is 2. The Balaban J connectivity index is 1.16. The molecule has 49 heavy (non-hydrogen) atoms. The summed E-state index contributed by atoms with van der Waals surface area (Å²) in [6.45, 7) is 0. The smallest absolute Gasteiger partial charge is 0.145 e. The molecule has 1 spiro atoms. The van der Waals surface area contributed by atoms with Gasteiger partial charge in [-0.2, -0.15) is 5.26 Å². The fourth-order valence-electron chi connectivity index (χ4n) is 8.02. The van der Waals surface area contributed by atoms with Crippen molar-refractivity contribution in [1.29, 1.82) is 5.26 Å². The van der Waals surface area contributed by atoms with Crippen LogP contribution in [-0.2, 0) is 5.41 Å². The molecule has 0 bridgehead atoms. The molecule has 1 aliphatic heterocycles. The third-order valence-corrected chi connectivity index (χ3v) is 11.3. The van der Waals surface area contributed by atoms with Gasteiger partial charge in [0.05, 0.1) is 28.1 Å². The lowest BCUT2D eigenvalue weighted by atomic mass is 9.66. The molecule has 0 radical (unpaired) electrons. The number of hydrogen-bond acceptors (Lipinski definition) is 3. The Bertz CT molecular complexity index is 2600. The second-order valence-electron chi connectivity index (χ2n) is 12.6. The van der Waals surface area contributed by atoms with Crippen molar-refractivity contribution in [3.8, 4) is 45.4 Å². The number of para-hydroxylation sites is 2. The van der Waals surface area contributed by atoms with Gasteiger partial charge in [-0.25, -0.2) is 4.98 Å². The second-order valence-corrected chi connectivity index (χ2v) is 13.7. The van der Waals surface area contributed by atoms with Gasteiger partial charge in [-0.15, -0.1) is 0 Å². The summed E-state index contributed by atoms with van der Waals surface area (Å²) in [7, 11) is 0. The van der Waals surface area contributed by atoms with E-state index in [9.17, 15) is 5.26 Å². The molecule has 0 saturated carbocycles. The van der Waals surface area contributed by atoms with Crippen LogP contribution in [0.5, 0.6) is 0 Å². The first kappa shape index (κ1) is 27.9. The van der Waals surface area contributed by atoms with Gasteiger partial charge in [0.2, 0.25) is 0 Å². The van der Waals surface area contributed by atoms with Gasteiger partial charge in [0, 0.05) is 21.0 Å². The third-order valence-electron chi connectivity index (χ3n) is 10.1. The van der Waals surface area contributed by atoms with E-state index in [1.54, 1.807) is 11.8 Å². The van der Waals surface area contributed by atoms with Gasteiger partial charge >= 0.3 is 0 Å². The summed E-state index contributed by atoms with van der Waals surface area (Å²) >= 11 is 1.80. The predicted octanol–water partition coefficient (Wildman–Crippen LogP) is 11.1. The van der Waals surface area contributed by atoms with Crippen molar-refractivity contribution >= 4 is 22.8 Å². The molecular formula is C45H27N3S. The molecule has 3 nitrogen and oxygen atoms in total. The number of rotatable bonds is 3. The number of benzene rings is 7. The van der Waals surface area contributed by atoms with E-state index in [0.29, 0.717) is 5.56 Å². The molecule has 0 atom stereocenters. The Labute approximate surface area is 288 Å². The number of imidazole rings is 1. The van der Waals surface area contributed by atoms with Crippen molar-refractivity contribution in [3.05, 3.63) is 192 Å². The highest BCUT2D eigenvalue weighted by Crippen LogP contribution is 2.62. The molecule has 2 aliphatic rings. The minimum Gasteiger partial charge on any atom is -0.292 e. The zero-order chi connectivity index (χ0) is 32.5. The SMILES string of the molecule is N#Cc1ccc2c(c1)C1(c3cc(-c4ccc(-n5c(-c6ccccc6)nc6ccccc65)cc4)ccc3S2)c2ccccc2-c2ccccc21. The molecule has 0 unspecified atom stereocenters. The Morgan fingerprint density at radius 1 is 0.531 bits per heavy atom. The van der Waals surface area contributed by atoms with E-state index in [1.807, 2.05) is 18.2 Å². The molecule has 8 aromatic rings. The maximum atomic E-state index is 10.0. The van der Waals surface area contributed by atoms with Gasteiger partial charge < -0.3 is 0 Å². The lowest BCUT2D eigenvalue weighted by Crippen LogP contribution is -2.32. The van der Waals surface area contributed by atoms with Crippen LogP contribution in [0.1, 0.15) is 27.8 Å². The van der Waals surface area contributed by atoms with E-state index < -0.39 is 5.41 Å². The molecule has 4 heteroatoms. The number of nitriles is 1. The van der Waals surface area contributed by atoms with Crippen LogP contribution < -0.4 is 0 Å². The van der Waals surface area contributed by atoms with Gasteiger partial charge in [0.15, 0.2) is 0 Å². The molecule has 0 amide bonds. The molecule has 0 saturated heterocycles. The summed E-state index contributed by atoms with van der Waals surface area (Å²) < 4.78 is 2.25. The summed E-state index contributed by atoms with van der Waals surface area (Å²) in [5.74, 6) is 0.927. The van der Waals surface area contributed by atoms with Crippen molar-refractivity contribution in [1.82, 2.24) is 9.55 Å². The van der Waals surface area contributed by atoms with E-state index in [1.165, 1.54) is 43.2 Å². The fourth-order valence-corrected chi connectivity index (χ4v) is 9.18. The Hall–Kier alpha value is -6.15. The Kier molecular flexibility index (Phi) is 6.09. The van der Waals surface area contributed by atoms with Crippen molar-refractivity contribution < 1.29 is 0 Å². The van der Waals surface area contributed by atoms with Crippen LogP contribution >= 0.6 is 11.8 Å². The van der Waals surface area contributed by atoms with Gasteiger partial charge in [-0.1, -0.05) is 121 Å². The molecule has 0 fully saturated rings. The van der Waals surface area contributed by atoms with E-state index >= 15 is 0 Å². The molecule has 1 aromatic heterocycles. The molecule has 7 aromatic carbocycles. The molecule has 2 heterocycles. The van der Waals surface area contributed by atoms with Crippen molar-refractivity contribution in [3.63, 3.8) is 0 Å². The second kappa shape index (κ2) is 10.7. The topological polar surface area (TPSA) is 41.6 Å². The maximum absolute atomic E-state index is 10.0. The Morgan fingerprint density at radius 3 is 1.88 bits per heavy atom. The first-order valence-electron chi connectivity index (χ1n) is 16.4.